The summed E-state index contributed by atoms with van der Waals surface area (Å²) in [5, 5.41) is 0. The van der Waals surface area contributed by atoms with Crippen molar-refractivity contribution < 1.29 is 13.6 Å². The second-order valence-electron chi connectivity index (χ2n) is 4.63. The van der Waals surface area contributed by atoms with Gasteiger partial charge >= 0.3 is 0 Å². The first kappa shape index (κ1) is 14.2. The van der Waals surface area contributed by atoms with Crippen molar-refractivity contribution in [1.82, 2.24) is 4.98 Å². The van der Waals surface area contributed by atoms with Crippen molar-refractivity contribution in [3.8, 4) is 0 Å². The first-order valence-electron chi connectivity index (χ1n) is 5.90. The number of hydrogen-bond acceptors (Lipinski definition) is 3. The van der Waals surface area contributed by atoms with Gasteiger partial charge < -0.3 is 10.6 Å². The van der Waals surface area contributed by atoms with E-state index in [-0.39, 0.29) is 31.5 Å². The van der Waals surface area contributed by atoms with Crippen LogP contribution in [0.15, 0.2) is 10.5 Å². The van der Waals surface area contributed by atoms with Gasteiger partial charge in [0.15, 0.2) is 0 Å². The molecule has 0 saturated carbocycles. The Morgan fingerprint density at radius 2 is 2.05 bits per heavy atom. The summed E-state index contributed by atoms with van der Waals surface area (Å²) in [5.41, 5.74) is 6.26. The van der Waals surface area contributed by atoms with Gasteiger partial charge in [-0.05, 0) is 28.9 Å². The molecule has 2 rings (SSSR count). The van der Waals surface area contributed by atoms with E-state index in [1.807, 2.05) is 0 Å². The van der Waals surface area contributed by atoms with Crippen LogP contribution in [0.2, 0.25) is 0 Å². The van der Waals surface area contributed by atoms with Gasteiger partial charge in [0.25, 0.3) is 11.8 Å². The zero-order chi connectivity index (χ0) is 14.2. The highest BCUT2D eigenvalue weighted by atomic mass is 79.9. The number of nitrogens with zero attached hydrogens (tertiary/aromatic N) is 2. The molecule has 2 N–H and O–H groups in total. The van der Waals surface area contributed by atoms with E-state index in [4.69, 9.17) is 5.73 Å². The monoisotopic (exact) mass is 333 g/mol. The average Bonchev–Trinajstić information content (AvgIpc) is 2.32. The third-order valence-corrected chi connectivity index (χ3v) is 3.99. The molecule has 4 nitrogen and oxygen atoms in total. The largest absolute Gasteiger partial charge is 0.365 e. The minimum atomic E-state index is -2.63. The van der Waals surface area contributed by atoms with Crippen molar-refractivity contribution in [2.45, 2.75) is 25.7 Å². The molecule has 0 atom stereocenters. The highest BCUT2D eigenvalue weighted by Gasteiger charge is 2.35. The number of aromatic nitrogens is 1. The number of rotatable bonds is 2. The Hall–Kier alpha value is -1.24. The van der Waals surface area contributed by atoms with Gasteiger partial charge in [0.1, 0.15) is 5.82 Å². The van der Waals surface area contributed by atoms with Crippen molar-refractivity contribution >= 4 is 27.7 Å². The second kappa shape index (κ2) is 5.03. The smallest absolute Gasteiger partial charge is 0.252 e. The number of hydrogen-bond donors (Lipinski definition) is 1. The minimum absolute atomic E-state index is 0.168. The van der Waals surface area contributed by atoms with Crippen molar-refractivity contribution in [2.75, 3.05) is 18.0 Å². The lowest BCUT2D eigenvalue weighted by atomic mass is 10.1. The molecule has 7 heteroatoms. The standard InChI is InChI=1S/C12H14BrF2N3O/c1-7-9(13)6-8(10(16)19)11(17-7)18-4-2-12(14,15)3-5-18/h6H,2-5H2,1H3,(H2,16,19). The molecule has 0 aromatic carbocycles. The Morgan fingerprint density at radius 3 is 2.58 bits per heavy atom. The number of anilines is 1. The van der Waals surface area contributed by atoms with Crippen LogP contribution < -0.4 is 10.6 Å². The molecule has 1 aliphatic rings. The summed E-state index contributed by atoms with van der Waals surface area (Å²) in [7, 11) is 0. The Kier molecular flexibility index (Phi) is 3.75. The number of pyridine rings is 1. The molecule has 0 bridgehead atoms. The van der Waals surface area contributed by atoms with E-state index < -0.39 is 11.8 Å². The van der Waals surface area contributed by atoms with Gasteiger partial charge in [0.2, 0.25) is 0 Å². The predicted octanol–water partition coefficient (Wildman–Crippen LogP) is 2.49. The van der Waals surface area contributed by atoms with Gasteiger partial charge in [0.05, 0.1) is 11.3 Å². The van der Waals surface area contributed by atoms with Gasteiger partial charge in [-0.3, -0.25) is 4.79 Å². The Bertz CT molecular complexity index is 512. The van der Waals surface area contributed by atoms with Gasteiger partial charge in [-0.15, -0.1) is 0 Å². The first-order chi connectivity index (χ1) is 8.80. The lowest BCUT2D eigenvalue weighted by molar-refractivity contribution is -0.0221. The topological polar surface area (TPSA) is 59.2 Å². The summed E-state index contributed by atoms with van der Waals surface area (Å²) >= 11 is 3.28. The van der Waals surface area contributed by atoms with E-state index in [2.05, 4.69) is 20.9 Å². The van der Waals surface area contributed by atoms with E-state index in [9.17, 15) is 13.6 Å². The summed E-state index contributed by atoms with van der Waals surface area (Å²) in [6, 6.07) is 1.59. The summed E-state index contributed by atoms with van der Waals surface area (Å²) in [6.45, 7) is 2.11. The summed E-state index contributed by atoms with van der Waals surface area (Å²) < 4.78 is 27.0. The van der Waals surface area contributed by atoms with Gasteiger partial charge in [0, 0.05) is 30.4 Å². The fraction of sp³-hybridized carbons (Fsp3) is 0.500. The molecule has 0 spiro atoms. The van der Waals surface area contributed by atoms with Crippen molar-refractivity contribution in [3.63, 3.8) is 0 Å². The summed E-state index contributed by atoms with van der Waals surface area (Å²) in [6.07, 6.45) is -0.468. The zero-order valence-electron chi connectivity index (χ0n) is 10.4. The van der Waals surface area contributed by atoms with Crippen LogP contribution >= 0.6 is 15.9 Å². The summed E-state index contributed by atoms with van der Waals surface area (Å²) in [4.78, 5) is 17.4. The first-order valence-corrected chi connectivity index (χ1v) is 6.69. The van der Waals surface area contributed by atoms with Crippen LogP contribution in [0, 0.1) is 6.92 Å². The number of primary amides is 1. The van der Waals surface area contributed by atoms with Crippen molar-refractivity contribution in [1.29, 1.82) is 0 Å². The number of halogens is 3. The van der Waals surface area contributed by atoms with Gasteiger partial charge in [-0.1, -0.05) is 0 Å². The molecule has 104 valence electrons. The average molecular weight is 334 g/mol. The van der Waals surface area contributed by atoms with Crippen molar-refractivity contribution in [2.24, 2.45) is 5.73 Å². The maximum absolute atomic E-state index is 13.1. The van der Waals surface area contributed by atoms with Gasteiger partial charge in [-0.2, -0.15) is 0 Å². The number of carbonyl (C=O) groups is 1. The number of carbonyl (C=O) groups excluding carboxylic acids is 1. The third kappa shape index (κ3) is 3.02. The van der Waals surface area contributed by atoms with Crippen LogP contribution in [0.1, 0.15) is 28.9 Å². The molecular formula is C12H14BrF2N3O. The second-order valence-corrected chi connectivity index (χ2v) is 5.49. The highest BCUT2D eigenvalue weighted by Crippen LogP contribution is 2.32. The highest BCUT2D eigenvalue weighted by molar-refractivity contribution is 9.10. The number of aryl methyl sites for hydroxylation is 1. The lowest BCUT2D eigenvalue weighted by Crippen LogP contribution is -2.40. The number of nitrogens with two attached hydrogens (primary N) is 1. The van der Waals surface area contributed by atoms with E-state index in [1.54, 1.807) is 17.9 Å². The predicted molar refractivity (Wildman–Crippen MR) is 71.6 cm³/mol. The molecule has 0 aliphatic carbocycles. The molecule has 2 heterocycles. The zero-order valence-corrected chi connectivity index (χ0v) is 12.0. The van der Waals surface area contributed by atoms with Crippen LogP contribution in [0.5, 0.6) is 0 Å². The van der Waals surface area contributed by atoms with Crippen molar-refractivity contribution in [3.05, 3.63) is 21.8 Å². The van der Waals surface area contributed by atoms with Crippen LogP contribution in [0.3, 0.4) is 0 Å². The molecule has 1 aromatic rings. The Labute approximate surface area is 118 Å². The fourth-order valence-corrected chi connectivity index (χ4v) is 2.35. The van der Waals surface area contributed by atoms with E-state index >= 15 is 0 Å². The van der Waals surface area contributed by atoms with E-state index in [1.165, 1.54) is 0 Å². The Balaban J connectivity index is 2.34. The summed E-state index contributed by atoms with van der Waals surface area (Å²) in [5.74, 6) is -2.85. The fourth-order valence-electron chi connectivity index (χ4n) is 2.04. The van der Waals surface area contributed by atoms with E-state index in [0.717, 1.165) is 0 Å². The molecule has 1 aliphatic heterocycles. The maximum atomic E-state index is 13.1. The van der Waals surface area contributed by atoms with Crippen LogP contribution in [-0.2, 0) is 0 Å². The molecular weight excluding hydrogens is 320 g/mol. The molecule has 1 saturated heterocycles. The quantitative estimate of drug-likeness (QED) is 0.904. The maximum Gasteiger partial charge on any atom is 0.252 e. The van der Waals surface area contributed by atoms with Gasteiger partial charge in [-0.25, -0.2) is 13.8 Å². The van der Waals surface area contributed by atoms with E-state index in [0.29, 0.717) is 16.0 Å². The number of piperidine rings is 1. The van der Waals surface area contributed by atoms with Crippen LogP contribution in [0.4, 0.5) is 14.6 Å². The minimum Gasteiger partial charge on any atom is -0.365 e. The van der Waals surface area contributed by atoms with Crippen LogP contribution in [-0.4, -0.2) is 29.9 Å². The normalized spacial score (nSPS) is 18.4. The molecule has 0 radical (unpaired) electrons. The number of alkyl halides is 2. The Morgan fingerprint density at radius 1 is 1.47 bits per heavy atom. The molecule has 1 aromatic heterocycles. The molecule has 1 amide bonds. The van der Waals surface area contributed by atoms with Crippen LogP contribution in [0.25, 0.3) is 0 Å². The third-order valence-electron chi connectivity index (χ3n) is 3.19. The molecule has 1 fully saturated rings. The molecule has 19 heavy (non-hydrogen) atoms. The lowest BCUT2D eigenvalue weighted by Gasteiger charge is -2.33. The number of amides is 1. The molecule has 0 unspecified atom stereocenters. The SMILES string of the molecule is Cc1nc(N2CCC(F)(F)CC2)c(C(N)=O)cc1Br.